The van der Waals surface area contributed by atoms with Crippen LogP contribution in [0.5, 0.6) is 11.5 Å². The highest BCUT2D eigenvalue weighted by atomic mass is 16.5. The van der Waals surface area contributed by atoms with Crippen LogP contribution < -0.4 is 19.9 Å². The summed E-state index contributed by atoms with van der Waals surface area (Å²) in [7, 11) is 0. The van der Waals surface area contributed by atoms with Crippen LogP contribution in [0.1, 0.15) is 22.3 Å². The van der Waals surface area contributed by atoms with Crippen LogP contribution in [-0.2, 0) is 6.42 Å². The highest BCUT2D eigenvalue weighted by Gasteiger charge is 2.30. The van der Waals surface area contributed by atoms with Crippen molar-refractivity contribution >= 4 is 17.3 Å². The van der Waals surface area contributed by atoms with Gasteiger partial charge in [0.2, 0.25) is 0 Å². The lowest BCUT2D eigenvalue weighted by Crippen LogP contribution is -2.43. The first kappa shape index (κ1) is 19.6. The van der Waals surface area contributed by atoms with Gasteiger partial charge in [-0.3, -0.25) is 4.79 Å². The number of anilines is 2. The second kappa shape index (κ2) is 8.82. The lowest BCUT2D eigenvalue weighted by Gasteiger charge is -2.31. The van der Waals surface area contributed by atoms with Crippen molar-refractivity contribution in [2.75, 3.05) is 42.5 Å². The van der Waals surface area contributed by atoms with E-state index >= 15 is 0 Å². The highest BCUT2D eigenvalue weighted by Crippen LogP contribution is 2.43. The summed E-state index contributed by atoms with van der Waals surface area (Å²) in [5, 5.41) is 3.39. The van der Waals surface area contributed by atoms with Gasteiger partial charge < -0.3 is 19.9 Å². The van der Waals surface area contributed by atoms with E-state index in [1.165, 1.54) is 5.56 Å². The first-order valence-corrected chi connectivity index (χ1v) is 11.0. The average Bonchev–Trinajstić information content (AvgIpc) is 2.95. The Morgan fingerprint density at radius 2 is 1.58 bits per heavy atom. The number of nitrogens with one attached hydrogen (secondary N) is 1. The number of aryl methyl sites for hydroxylation is 1. The van der Waals surface area contributed by atoms with Crippen molar-refractivity contribution in [1.82, 2.24) is 5.32 Å². The molecule has 1 fully saturated rings. The van der Waals surface area contributed by atoms with E-state index in [1.54, 1.807) is 0 Å². The maximum Gasteiger partial charge on any atom is 0.262 e. The summed E-state index contributed by atoms with van der Waals surface area (Å²) < 4.78 is 6.43. The lowest BCUT2D eigenvalue weighted by atomic mass is 10.1. The summed E-state index contributed by atoms with van der Waals surface area (Å²) in [5.41, 5.74) is 3.75. The molecular weight excluding hydrogens is 386 g/mol. The average molecular weight is 414 g/mol. The third-order valence-corrected chi connectivity index (χ3v) is 5.99. The molecule has 158 valence electrons. The Hall–Kier alpha value is -3.31. The number of hydrogen-bond acceptors (Lipinski definition) is 4. The Kier molecular flexibility index (Phi) is 5.59. The molecule has 2 aliphatic rings. The van der Waals surface area contributed by atoms with Crippen molar-refractivity contribution in [3.05, 3.63) is 83.9 Å². The molecule has 3 aromatic carbocycles. The molecular formula is C26H27N3O2. The molecule has 5 heteroatoms. The van der Waals surface area contributed by atoms with Gasteiger partial charge in [0.05, 0.1) is 16.9 Å². The number of para-hydroxylation sites is 3. The fourth-order valence-electron chi connectivity index (χ4n) is 4.39. The van der Waals surface area contributed by atoms with E-state index in [0.717, 1.165) is 56.1 Å². The molecule has 1 N–H and O–H groups in total. The van der Waals surface area contributed by atoms with E-state index in [0.29, 0.717) is 17.9 Å². The van der Waals surface area contributed by atoms with Crippen LogP contribution in [0.4, 0.5) is 11.4 Å². The van der Waals surface area contributed by atoms with Crippen molar-refractivity contribution in [3.63, 3.8) is 0 Å². The summed E-state index contributed by atoms with van der Waals surface area (Å²) in [6, 6.07) is 24.2. The fraction of sp³-hybridized carbons (Fsp3) is 0.269. The van der Waals surface area contributed by atoms with Crippen molar-refractivity contribution in [2.45, 2.75) is 12.8 Å². The zero-order chi connectivity index (χ0) is 21.0. The van der Waals surface area contributed by atoms with Gasteiger partial charge in [-0.25, -0.2) is 0 Å². The van der Waals surface area contributed by atoms with Crippen LogP contribution in [0, 0.1) is 0 Å². The molecule has 2 aliphatic heterocycles. The number of fused-ring (bicyclic) bond motifs is 2. The Balaban J connectivity index is 1.47. The number of amides is 1. The van der Waals surface area contributed by atoms with Crippen molar-refractivity contribution in [1.29, 1.82) is 0 Å². The second-order valence-corrected chi connectivity index (χ2v) is 8.01. The van der Waals surface area contributed by atoms with Gasteiger partial charge in [0, 0.05) is 32.7 Å². The normalized spacial score (nSPS) is 15.7. The van der Waals surface area contributed by atoms with Gasteiger partial charge in [0.25, 0.3) is 5.91 Å². The first-order valence-electron chi connectivity index (χ1n) is 11.0. The van der Waals surface area contributed by atoms with Crippen molar-refractivity contribution in [2.24, 2.45) is 0 Å². The molecule has 2 heterocycles. The Morgan fingerprint density at radius 1 is 0.839 bits per heavy atom. The van der Waals surface area contributed by atoms with Crippen LogP contribution in [0.25, 0.3) is 0 Å². The molecule has 5 nitrogen and oxygen atoms in total. The summed E-state index contributed by atoms with van der Waals surface area (Å²) >= 11 is 0. The smallest absolute Gasteiger partial charge is 0.262 e. The van der Waals surface area contributed by atoms with Gasteiger partial charge in [0.1, 0.15) is 0 Å². The Bertz CT molecular complexity index is 1060. The summed E-state index contributed by atoms with van der Waals surface area (Å²) in [6.45, 7) is 4.30. The van der Waals surface area contributed by atoms with E-state index in [1.807, 2.05) is 47.4 Å². The number of rotatable bonds is 5. The van der Waals surface area contributed by atoms with Crippen LogP contribution >= 0.6 is 0 Å². The van der Waals surface area contributed by atoms with Crippen LogP contribution in [-0.4, -0.2) is 38.6 Å². The predicted molar refractivity (Wildman–Crippen MR) is 124 cm³/mol. The van der Waals surface area contributed by atoms with E-state index in [-0.39, 0.29) is 5.91 Å². The van der Waals surface area contributed by atoms with E-state index in [4.69, 9.17) is 4.74 Å². The van der Waals surface area contributed by atoms with Crippen LogP contribution in [0.15, 0.2) is 72.8 Å². The Morgan fingerprint density at radius 3 is 2.42 bits per heavy atom. The molecule has 0 unspecified atom stereocenters. The largest absolute Gasteiger partial charge is 0.452 e. The molecule has 1 amide bonds. The fourth-order valence-corrected chi connectivity index (χ4v) is 4.39. The van der Waals surface area contributed by atoms with E-state index < -0.39 is 0 Å². The van der Waals surface area contributed by atoms with Crippen LogP contribution in [0.3, 0.4) is 0 Å². The summed E-state index contributed by atoms with van der Waals surface area (Å²) in [6.07, 6.45) is 1.82. The minimum absolute atomic E-state index is 0.00463. The topological polar surface area (TPSA) is 44.8 Å². The number of benzene rings is 3. The van der Waals surface area contributed by atoms with E-state index in [9.17, 15) is 4.79 Å². The quantitative estimate of drug-likeness (QED) is 0.670. The monoisotopic (exact) mass is 413 g/mol. The number of hydrogen-bond donors (Lipinski definition) is 1. The van der Waals surface area contributed by atoms with Crippen molar-refractivity contribution in [3.8, 4) is 11.5 Å². The third kappa shape index (κ3) is 4.01. The number of nitrogens with zero attached hydrogens (tertiary/aromatic N) is 2. The standard InChI is InChI=1S/C26H27N3O2/c30-26-21-11-6-13-23(28-18-15-27-16-19-28)25(21)31-24-14-5-4-12-22(24)29(26)17-7-10-20-8-2-1-3-9-20/h1-6,8-9,11-14,27H,7,10,15-19H2. The molecule has 1 saturated heterocycles. The predicted octanol–water partition coefficient (Wildman–Crippen LogP) is 4.48. The maximum absolute atomic E-state index is 13.7. The van der Waals surface area contributed by atoms with Gasteiger partial charge in [0.15, 0.2) is 11.5 Å². The molecule has 3 aromatic rings. The number of carbonyl (C=O) groups is 1. The molecule has 31 heavy (non-hydrogen) atoms. The van der Waals surface area contributed by atoms with Gasteiger partial charge in [-0.2, -0.15) is 0 Å². The van der Waals surface area contributed by atoms with Gasteiger partial charge in [-0.05, 0) is 42.7 Å². The number of piperazine rings is 1. The van der Waals surface area contributed by atoms with Gasteiger partial charge >= 0.3 is 0 Å². The Labute approximate surface area is 183 Å². The molecule has 0 radical (unpaired) electrons. The maximum atomic E-state index is 13.7. The minimum atomic E-state index is 0.00463. The molecule has 0 aromatic heterocycles. The zero-order valence-electron chi connectivity index (χ0n) is 17.6. The molecule has 0 aliphatic carbocycles. The summed E-state index contributed by atoms with van der Waals surface area (Å²) in [5.74, 6) is 1.41. The molecule has 0 spiro atoms. The SMILES string of the molecule is O=C1c2cccc(N3CCNCC3)c2Oc2ccccc2N1CCCc1ccccc1. The van der Waals surface area contributed by atoms with E-state index in [2.05, 4.69) is 40.5 Å². The molecule has 5 rings (SSSR count). The third-order valence-electron chi connectivity index (χ3n) is 5.99. The number of carbonyl (C=O) groups excluding carboxylic acids is 1. The van der Waals surface area contributed by atoms with Gasteiger partial charge in [-0.1, -0.05) is 48.5 Å². The number of ether oxygens (including phenoxy) is 1. The highest BCUT2D eigenvalue weighted by molar-refractivity contribution is 6.10. The minimum Gasteiger partial charge on any atom is -0.452 e. The van der Waals surface area contributed by atoms with Crippen LogP contribution in [0.2, 0.25) is 0 Å². The zero-order valence-corrected chi connectivity index (χ0v) is 17.6. The molecule has 0 bridgehead atoms. The molecule has 0 atom stereocenters. The second-order valence-electron chi connectivity index (χ2n) is 8.01. The lowest BCUT2D eigenvalue weighted by molar-refractivity contribution is 0.0987. The van der Waals surface area contributed by atoms with Crippen molar-refractivity contribution < 1.29 is 9.53 Å². The molecule has 0 saturated carbocycles. The first-order chi connectivity index (χ1) is 15.3. The summed E-state index contributed by atoms with van der Waals surface area (Å²) in [4.78, 5) is 17.9. The van der Waals surface area contributed by atoms with Gasteiger partial charge in [-0.15, -0.1) is 0 Å².